The summed E-state index contributed by atoms with van der Waals surface area (Å²) in [7, 11) is -3.55. The number of benzene rings is 1. The van der Waals surface area contributed by atoms with Crippen molar-refractivity contribution in [3.8, 4) is 0 Å². The van der Waals surface area contributed by atoms with Gasteiger partial charge in [0.05, 0.1) is 5.69 Å². The van der Waals surface area contributed by atoms with Crippen LogP contribution in [0.25, 0.3) is 0 Å². The van der Waals surface area contributed by atoms with Crippen molar-refractivity contribution < 1.29 is 8.42 Å². The highest BCUT2D eigenvalue weighted by atomic mass is 79.9. The number of rotatable bonds is 2. The quantitative estimate of drug-likeness (QED) is 0.736. The minimum absolute atomic E-state index is 0.167. The van der Waals surface area contributed by atoms with Gasteiger partial charge in [0, 0.05) is 22.0 Å². The molecule has 0 bridgehead atoms. The molecule has 0 aliphatic carbocycles. The topological polar surface area (TPSA) is 63.4 Å². The monoisotopic (exact) mass is 424 g/mol. The summed E-state index contributed by atoms with van der Waals surface area (Å²) >= 11 is 6.61. The Hall–Kier alpha value is -0.110. The molecular formula is C13H18Br2N2O2S. The Morgan fingerprint density at radius 1 is 1.20 bits per heavy atom. The maximum absolute atomic E-state index is 12.8. The number of anilines is 1. The molecule has 0 radical (unpaired) electrons. The summed E-state index contributed by atoms with van der Waals surface area (Å²) in [4.78, 5) is 0.167. The molecule has 1 fully saturated rings. The van der Waals surface area contributed by atoms with Crippen molar-refractivity contribution in [2.45, 2.75) is 31.6 Å². The zero-order chi connectivity index (χ0) is 15.1. The number of nitrogen functional groups attached to an aromatic ring is 1. The zero-order valence-electron chi connectivity index (χ0n) is 11.5. The molecule has 1 saturated heterocycles. The molecule has 1 aromatic rings. The van der Waals surface area contributed by atoms with Gasteiger partial charge in [-0.05, 0) is 46.3 Å². The van der Waals surface area contributed by atoms with Gasteiger partial charge in [0.1, 0.15) is 4.90 Å². The Balaban J connectivity index is 2.37. The SMILES string of the molecule is CC1(C)CCN(S(=O)(=O)c2c(N)cc(Br)cc2Br)CC1. The second-order valence-corrected chi connectivity index (χ2v) is 9.52. The van der Waals surface area contributed by atoms with Gasteiger partial charge in [0.15, 0.2) is 0 Å². The van der Waals surface area contributed by atoms with Gasteiger partial charge >= 0.3 is 0 Å². The third kappa shape index (κ3) is 3.21. The Morgan fingerprint density at radius 2 is 1.75 bits per heavy atom. The van der Waals surface area contributed by atoms with Gasteiger partial charge in [-0.3, -0.25) is 0 Å². The third-order valence-corrected chi connectivity index (χ3v) is 7.07. The van der Waals surface area contributed by atoms with Crippen LogP contribution < -0.4 is 5.73 Å². The number of sulfonamides is 1. The molecule has 20 heavy (non-hydrogen) atoms. The van der Waals surface area contributed by atoms with Gasteiger partial charge in [-0.25, -0.2) is 8.42 Å². The molecule has 1 heterocycles. The number of nitrogens with zero attached hydrogens (tertiary/aromatic N) is 1. The van der Waals surface area contributed by atoms with Crippen molar-refractivity contribution in [3.05, 3.63) is 21.1 Å². The lowest BCUT2D eigenvalue weighted by atomic mass is 9.83. The van der Waals surface area contributed by atoms with Crippen molar-refractivity contribution in [1.29, 1.82) is 0 Å². The van der Waals surface area contributed by atoms with Gasteiger partial charge in [0.2, 0.25) is 10.0 Å². The Labute approximate surface area is 137 Å². The van der Waals surface area contributed by atoms with E-state index in [-0.39, 0.29) is 16.0 Å². The molecule has 7 heteroatoms. The lowest BCUT2D eigenvalue weighted by Gasteiger charge is -2.36. The number of hydrogen-bond donors (Lipinski definition) is 1. The van der Waals surface area contributed by atoms with Crippen LogP contribution in [-0.2, 0) is 10.0 Å². The predicted octanol–water partition coefficient (Wildman–Crippen LogP) is 3.60. The maximum atomic E-state index is 12.8. The average Bonchev–Trinajstić information content (AvgIpc) is 2.26. The minimum atomic E-state index is -3.55. The molecule has 112 valence electrons. The summed E-state index contributed by atoms with van der Waals surface area (Å²) in [5.41, 5.74) is 6.37. The first kappa shape index (κ1) is 16.3. The van der Waals surface area contributed by atoms with E-state index in [1.54, 1.807) is 12.1 Å². The first-order chi connectivity index (χ1) is 9.13. The van der Waals surface area contributed by atoms with E-state index in [1.165, 1.54) is 4.31 Å². The molecule has 0 unspecified atom stereocenters. The van der Waals surface area contributed by atoms with Crippen molar-refractivity contribution >= 4 is 47.6 Å². The van der Waals surface area contributed by atoms with Crippen molar-refractivity contribution in [2.75, 3.05) is 18.8 Å². The Morgan fingerprint density at radius 3 is 2.25 bits per heavy atom. The number of nitrogens with two attached hydrogens (primary N) is 1. The summed E-state index contributed by atoms with van der Waals surface area (Å²) in [6.45, 7) is 5.41. The number of piperidine rings is 1. The standard InChI is InChI=1S/C13H18Br2N2O2S/c1-13(2)3-5-17(6-4-13)20(18,19)12-10(15)7-9(14)8-11(12)16/h7-8H,3-6,16H2,1-2H3. The zero-order valence-corrected chi connectivity index (χ0v) is 15.5. The maximum Gasteiger partial charge on any atom is 0.246 e. The van der Waals surface area contributed by atoms with Crippen LogP contribution in [-0.4, -0.2) is 25.8 Å². The van der Waals surface area contributed by atoms with Crippen molar-refractivity contribution in [3.63, 3.8) is 0 Å². The number of hydrogen-bond acceptors (Lipinski definition) is 3. The summed E-state index contributed by atoms with van der Waals surface area (Å²) in [5.74, 6) is 0. The molecule has 1 aromatic carbocycles. The van der Waals surface area contributed by atoms with Gasteiger partial charge in [-0.1, -0.05) is 29.8 Å². The van der Waals surface area contributed by atoms with Crippen LogP contribution in [0.3, 0.4) is 0 Å². The first-order valence-electron chi connectivity index (χ1n) is 6.38. The fraction of sp³-hybridized carbons (Fsp3) is 0.538. The van der Waals surface area contributed by atoms with Gasteiger partial charge in [-0.2, -0.15) is 4.31 Å². The predicted molar refractivity (Wildman–Crippen MR) is 88.0 cm³/mol. The van der Waals surface area contributed by atoms with E-state index in [2.05, 4.69) is 45.7 Å². The van der Waals surface area contributed by atoms with Crippen LogP contribution in [0.1, 0.15) is 26.7 Å². The summed E-state index contributed by atoms with van der Waals surface area (Å²) < 4.78 is 28.3. The van der Waals surface area contributed by atoms with E-state index in [9.17, 15) is 8.42 Å². The normalized spacial score (nSPS) is 20.0. The van der Waals surface area contributed by atoms with E-state index < -0.39 is 10.0 Å². The molecule has 2 rings (SSSR count). The minimum Gasteiger partial charge on any atom is -0.398 e. The van der Waals surface area contributed by atoms with E-state index in [0.29, 0.717) is 17.6 Å². The highest BCUT2D eigenvalue weighted by Crippen LogP contribution is 2.37. The van der Waals surface area contributed by atoms with Crippen LogP contribution in [0.4, 0.5) is 5.69 Å². The van der Waals surface area contributed by atoms with E-state index >= 15 is 0 Å². The molecular weight excluding hydrogens is 408 g/mol. The van der Waals surface area contributed by atoms with Crippen LogP contribution >= 0.6 is 31.9 Å². The number of halogens is 2. The van der Waals surface area contributed by atoms with E-state index in [4.69, 9.17) is 5.73 Å². The Kier molecular flexibility index (Phi) is 4.54. The van der Waals surface area contributed by atoms with E-state index in [0.717, 1.165) is 17.3 Å². The van der Waals surface area contributed by atoms with Gasteiger partial charge in [0.25, 0.3) is 0 Å². The molecule has 1 aliphatic rings. The summed E-state index contributed by atoms with van der Waals surface area (Å²) in [5, 5.41) is 0. The molecule has 0 aromatic heterocycles. The average molecular weight is 426 g/mol. The molecule has 1 aliphatic heterocycles. The third-order valence-electron chi connectivity index (χ3n) is 3.71. The van der Waals surface area contributed by atoms with Crippen molar-refractivity contribution in [2.24, 2.45) is 5.41 Å². The fourth-order valence-electron chi connectivity index (χ4n) is 2.31. The van der Waals surface area contributed by atoms with E-state index in [1.807, 2.05) is 0 Å². The molecule has 4 nitrogen and oxygen atoms in total. The highest BCUT2D eigenvalue weighted by molar-refractivity contribution is 9.11. The van der Waals surface area contributed by atoms with Crippen LogP contribution in [0.2, 0.25) is 0 Å². The molecule has 0 amide bonds. The molecule has 0 saturated carbocycles. The largest absolute Gasteiger partial charge is 0.398 e. The smallest absolute Gasteiger partial charge is 0.246 e. The second kappa shape index (κ2) is 5.59. The first-order valence-corrected chi connectivity index (χ1v) is 9.41. The van der Waals surface area contributed by atoms with Crippen LogP contribution in [0.5, 0.6) is 0 Å². The van der Waals surface area contributed by atoms with Gasteiger partial charge < -0.3 is 5.73 Å². The lowest BCUT2D eigenvalue weighted by Crippen LogP contribution is -2.41. The molecule has 0 spiro atoms. The van der Waals surface area contributed by atoms with Gasteiger partial charge in [-0.15, -0.1) is 0 Å². The Bertz CT molecular complexity index is 596. The highest BCUT2D eigenvalue weighted by Gasteiger charge is 2.34. The molecule has 2 N–H and O–H groups in total. The second-order valence-electron chi connectivity index (χ2n) is 5.87. The molecule has 0 atom stereocenters. The fourth-order valence-corrected chi connectivity index (χ4v) is 5.77. The van der Waals surface area contributed by atoms with Crippen LogP contribution in [0, 0.1) is 5.41 Å². The summed E-state index contributed by atoms with van der Waals surface area (Å²) in [6.07, 6.45) is 1.72. The van der Waals surface area contributed by atoms with Crippen LogP contribution in [0.15, 0.2) is 26.0 Å². The lowest BCUT2D eigenvalue weighted by molar-refractivity contribution is 0.196. The summed E-state index contributed by atoms with van der Waals surface area (Å²) in [6, 6.07) is 3.32. The van der Waals surface area contributed by atoms with Crippen molar-refractivity contribution in [1.82, 2.24) is 4.31 Å².